The number of hydrogen-bond acceptors (Lipinski definition) is 2. The summed E-state index contributed by atoms with van der Waals surface area (Å²) in [6, 6.07) is 2.33. The first kappa shape index (κ1) is 9.26. The van der Waals surface area contributed by atoms with Crippen LogP contribution < -0.4 is 5.73 Å². The van der Waals surface area contributed by atoms with E-state index in [9.17, 15) is 0 Å². The lowest BCUT2D eigenvalue weighted by atomic mass is 10.2. The van der Waals surface area contributed by atoms with E-state index in [1.54, 1.807) is 0 Å². The van der Waals surface area contributed by atoms with Gasteiger partial charge in [-0.25, -0.2) is 0 Å². The zero-order valence-corrected chi connectivity index (χ0v) is 8.04. The molecule has 3 nitrogen and oxygen atoms in total. The number of nitrogens with two attached hydrogens (primary N) is 1. The molecule has 0 aliphatic rings. The van der Waals surface area contributed by atoms with E-state index in [0.29, 0.717) is 0 Å². The van der Waals surface area contributed by atoms with E-state index in [1.165, 1.54) is 5.69 Å². The molecule has 0 spiro atoms. The number of hydrogen-bond donors (Lipinski definition) is 1. The first-order valence-electron chi connectivity index (χ1n) is 4.40. The quantitative estimate of drug-likeness (QED) is 0.726. The van der Waals surface area contributed by atoms with Crippen molar-refractivity contribution in [1.82, 2.24) is 9.78 Å². The highest BCUT2D eigenvalue weighted by Gasteiger charge is 2.04. The predicted molar refractivity (Wildman–Crippen MR) is 49.9 cm³/mol. The van der Waals surface area contributed by atoms with Gasteiger partial charge in [0.1, 0.15) is 0 Å². The fraction of sp³-hybridized carbons (Fsp3) is 0.667. The molecule has 1 aromatic rings. The predicted octanol–water partition coefficient (Wildman–Crippen LogP) is 0.872. The first-order valence-corrected chi connectivity index (χ1v) is 4.40. The third-order valence-corrected chi connectivity index (χ3v) is 1.92. The third-order valence-electron chi connectivity index (χ3n) is 1.92. The lowest BCUT2D eigenvalue weighted by molar-refractivity contribution is 0.671. The van der Waals surface area contributed by atoms with E-state index in [1.807, 2.05) is 18.7 Å². The number of aryl methyl sites for hydroxylation is 2. The van der Waals surface area contributed by atoms with Crippen molar-refractivity contribution in [3.63, 3.8) is 0 Å². The lowest BCUT2D eigenvalue weighted by Crippen LogP contribution is -2.18. The van der Waals surface area contributed by atoms with Crippen LogP contribution in [-0.2, 0) is 19.9 Å². The lowest BCUT2D eigenvalue weighted by Gasteiger charge is -1.98. The molecule has 0 fully saturated rings. The molecule has 0 aliphatic heterocycles. The Morgan fingerprint density at radius 1 is 1.67 bits per heavy atom. The normalized spacial score (nSPS) is 13.3. The topological polar surface area (TPSA) is 43.8 Å². The van der Waals surface area contributed by atoms with Crippen LogP contribution in [-0.4, -0.2) is 15.8 Å². The molecule has 1 rings (SSSR count). The number of rotatable bonds is 3. The fourth-order valence-corrected chi connectivity index (χ4v) is 1.33. The summed E-state index contributed by atoms with van der Waals surface area (Å²) in [5.74, 6) is 0. The molecule has 1 unspecified atom stereocenters. The number of aromatic nitrogens is 2. The monoisotopic (exact) mass is 167 g/mol. The molecule has 0 saturated heterocycles. The van der Waals surface area contributed by atoms with Crippen LogP contribution in [0.25, 0.3) is 0 Å². The standard InChI is InChI=1S/C9H17N3/c1-4-9-6-8(5-7(2)10)11-12(9)3/h6-7H,4-5,10H2,1-3H3. The van der Waals surface area contributed by atoms with E-state index >= 15 is 0 Å². The summed E-state index contributed by atoms with van der Waals surface area (Å²) in [4.78, 5) is 0. The molecule has 0 aliphatic carbocycles. The molecule has 0 bridgehead atoms. The molecule has 0 aromatic carbocycles. The van der Waals surface area contributed by atoms with E-state index in [2.05, 4.69) is 18.1 Å². The maximum atomic E-state index is 5.68. The molecular weight excluding hydrogens is 150 g/mol. The molecule has 2 N–H and O–H groups in total. The molecule has 1 aromatic heterocycles. The maximum Gasteiger partial charge on any atom is 0.0642 e. The SMILES string of the molecule is CCc1cc(CC(C)N)nn1C. The molecule has 3 heteroatoms. The van der Waals surface area contributed by atoms with Crippen LogP contribution in [0.15, 0.2) is 6.07 Å². The van der Waals surface area contributed by atoms with Gasteiger partial charge in [0.25, 0.3) is 0 Å². The van der Waals surface area contributed by atoms with Gasteiger partial charge in [-0.15, -0.1) is 0 Å². The molecule has 1 atom stereocenters. The molecule has 12 heavy (non-hydrogen) atoms. The molecular formula is C9H17N3. The van der Waals surface area contributed by atoms with Gasteiger partial charge in [0, 0.05) is 25.2 Å². The van der Waals surface area contributed by atoms with Crippen molar-refractivity contribution in [2.75, 3.05) is 0 Å². The second-order valence-corrected chi connectivity index (χ2v) is 3.29. The van der Waals surface area contributed by atoms with E-state index < -0.39 is 0 Å². The summed E-state index contributed by atoms with van der Waals surface area (Å²) in [5.41, 5.74) is 8.05. The molecule has 68 valence electrons. The molecule has 1 heterocycles. The Morgan fingerprint density at radius 2 is 2.33 bits per heavy atom. The van der Waals surface area contributed by atoms with E-state index in [4.69, 9.17) is 5.73 Å². The first-order chi connectivity index (χ1) is 5.63. The van der Waals surface area contributed by atoms with Gasteiger partial charge in [-0.3, -0.25) is 4.68 Å². The van der Waals surface area contributed by atoms with Gasteiger partial charge in [-0.1, -0.05) is 6.92 Å². The van der Waals surface area contributed by atoms with Gasteiger partial charge in [0.05, 0.1) is 5.69 Å². The summed E-state index contributed by atoms with van der Waals surface area (Å²) < 4.78 is 1.93. The van der Waals surface area contributed by atoms with Gasteiger partial charge >= 0.3 is 0 Å². The van der Waals surface area contributed by atoms with Crippen LogP contribution in [0.5, 0.6) is 0 Å². The summed E-state index contributed by atoms with van der Waals surface area (Å²) in [5, 5.41) is 4.36. The third kappa shape index (κ3) is 2.08. The van der Waals surface area contributed by atoms with Crippen molar-refractivity contribution < 1.29 is 0 Å². The van der Waals surface area contributed by atoms with Crippen LogP contribution >= 0.6 is 0 Å². The Morgan fingerprint density at radius 3 is 2.75 bits per heavy atom. The van der Waals surface area contributed by atoms with Gasteiger partial charge in [-0.05, 0) is 19.4 Å². The molecule has 0 radical (unpaired) electrons. The number of nitrogens with zero attached hydrogens (tertiary/aromatic N) is 2. The van der Waals surface area contributed by atoms with E-state index in [-0.39, 0.29) is 6.04 Å². The summed E-state index contributed by atoms with van der Waals surface area (Å²) >= 11 is 0. The van der Waals surface area contributed by atoms with Crippen LogP contribution in [0.4, 0.5) is 0 Å². The fourth-order valence-electron chi connectivity index (χ4n) is 1.33. The van der Waals surface area contributed by atoms with Gasteiger partial charge in [-0.2, -0.15) is 5.10 Å². The minimum atomic E-state index is 0.199. The van der Waals surface area contributed by atoms with Gasteiger partial charge in [0.15, 0.2) is 0 Å². The van der Waals surface area contributed by atoms with Crippen molar-refractivity contribution in [2.24, 2.45) is 12.8 Å². The molecule has 0 saturated carbocycles. The highest BCUT2D eigenvalue weighted by atomic mass is 15.3. The molecule has 0 amide bonds. The summed E-state index contributed by atoms with van der Waals surface area (Å²) in [7, 11) is 1.98. The highest BCUT2D eigenvalue weighted by Crippen LogP contribution is 2.05. The van der Waals surface area contributed by atoms with Crippen LogP contribution in [0, 0.1) is 0 Å². The summed E-state index contributed by atoms with van der Waals surface area (Å²) in [6.45, 7) is 4.13. The Balaban J connectivity index is 2.75. The van der Waals surface area contributed by atoms with Crippen LogP contribution in [0.2, 0.25) is 0 Å². The van der Waals surface area contributed by atoms with Gasteiger partial charge in [0.2, 0.25) is 0 Å². The average molecular weight is 167 g/mol. The zero-order valence-electron chi connectivity index (χ0n) is 8.04. The highest BCUT2D eigenvalue weighted by molar-refractivity contribution is 5.10. The Bertz CT molecular complexity index is 250. The minimum Gasteiger partial charge on any atom is -0.328 e. The Kier molecular flexibility index (Phi) is 2.87. The zero-order chi connectivity index (χ0) is 9.14. The van der Waals surface area contributed by atoms with Crippen molar-refractivity contribution in [2.45, 2.75) is 32.7 Å². The van der Waals surface area contributed by atoms with Gasteiger partial charge < -0.3 is 5.73 Å². The minimum absolute atomic E-state index is 0.199. The Labute approximate surface area is 73.6 Å². The second-order valence-electron chi connectivity index (χ2n) is 3.29. The largest absolute Gasteiger partial charge is 0.328 e. The maximum absolute atomic E-state index is 5.68. The van der Waals surface area contributed by atoms with Crippen LogP contribution in [0.3, 0.4) is 0 Å². The van der Waals surface area contributed by atoms with Crippen molar-refractivity contribution >= 4 is 0 Å². The summed E-state index contributed by atoms with van der Waals surface area (Å²) in [6.07, 6.45) is 1.90. The van der Waals surface area contributed by atoms with Crippen molar-refractivity contribution in [3.05, 3.63) is 17.5 Å². The van der Waals surface area contributed by atoms with E-state index in [0.717, 1.165) is 18.5 Å². The Hall–Kier alpha value is -0.830. The smallest absolute Gasteiger partial charge is 0.0642 e. The average Bonchev–Trinajstić information content (AvgIpc) is 2.29. The van der Waals surface area contributed by atoms with Crippen molar-refractivity contribution in [1.29, 1.82) is 0 Å². The second kappa shape index (κ2) is 3.72. The van der Waals surface area contributed by atoms with Crippen molar-refractivity contribution in [3.8, 4) is 0 Å². The van der Waals surface area contributed by atoms with Crippen LogP contribution in [0.1, 0.15) is 25.2 Å².